The van der Waals surface area contributed by atoms with Crippen LogP contribution in [0.2, 0.25) is 0 Å². The molecule has 0 radical (unpaired) electrons. The highest BCUT2D eigenvalue weighted by Gasteiger charge is 2.04. The summed E-state index contributed by atoms with van der Waals surface area (Å²) < 4.78 is 0. The number of aromatic nitrogens is 1. The van der Waals surface area contributed by atoms with E-state index in [9.17, 15) is 4.79 Å². The molecule has 0 aliphatic heterocycles. The van der Waals surface area contributed by atoms with Gasteiger partial charge in [0.1, 0.15) is 0 Å². The SMILES string of the molecule is CC/C(=C\c1ccc2ncccc2c1)C(=O)O. The van der Waals surface area contributed by atoms with E-state index in [-0.39, 0.29) is 0 Å². The van der Waals surface area contributed by atoms with Crippen LogP contribution in [0.15, 0.2) is 42.1 Å². The largest absolute Gasteiger partial charge is 0.478 e. The Labute approximate surface area is 99.4 Å². The molecule has 0 aliphatic carbocycles. The maximum Gasteiger partial charge on any atom is 0.331 e. The van der Waals surface area contributed by atoms with Crippen molar-refractivity contribution in [3.05, 3.63) is 47.7 Å². The molecular weight excluding hydrogens is 214 g/mol. The lowest BCUT2D eigenvalue weighted by molar-refractivity contribution is -0.132. The highest BCUT2D eigenvalue weighted by atomic mass is 16.4. The van der Waals surface area contributed by atoms with Crippen molar-refractivity contribution in [1.29, 1.82) is 0 Å². The first-order chi connectivity index (χ1) is 8.20. The lowest BCUT2D eigenvalue weighted by Crippen LogP contribution is -1.98. The Bertz CT molecular complexity index is 588. The summed E-state index contributed by atoms with van der Waals surface area (Å²) >= 11 is 0. The molecule has 1 heterocycles. The highest BCUT2D eigenvalue weighted by molar-refractivity contribution is 5.93. The normalized spacial score (nSPS) is 11.7. The third-order valence-electron chi connectivity index (χ3n) is 2.62. The van der Waals surface area contributed by atoms with Crippen molar-refractivity contribution in [2.75, 3.05) is 0 Å². The van der Waals surface area contributed by atoms with Gasteiger partial charge in [0.25, 0.3) is 0 Å². The lowest BCUT2D eigenvalue weighted by Gasteiger charge is -2.01. The molecule has 0 amide bonds. The lowest BCUT2D eigenvalue weighted by atomic mass is 10.1. The molecule has 0 bridgehead atoms. The number of benzene rings is 1. The van der Waals surface area contributed by atoms with E-state index in [1.165, 1.54) is 0 Å². The number of hydrogen-bond donors (Lipinski definition) is 1. The van der Waals surface area contributed by atoms with Crippen molar-refractivity contribution >= 4 is 22.9 Å². The van der Waals surface area contributed by atoms with E-state index in [0.29, 0.717) is 12.0 Å². The van der Waals surface area contributed by atoms with Gasteiger partial charge in [0.15, 0.2) is 0 Å². The van der Waals surface area contributed by atoms with Crippen molar-refractivity contribution in [3.63, 3.8) is 0 Å². The summed E-state index contributed by atoms with van der Waals surface area (Å²) in [7, 11) is 0. The zero-order valence-electron chi connectivity index (χ0n) is 9.55. The molecule has 0 saturated heterocycles. The number of aliphatic carboxylic acids is 1. The topological polar surface area (TPSA) is 50.2 Å². The quantitative estimate of drug-likeness (QED) is 0.819. The molecule has 2 rings (SSSR count). The fraction of sp³-hybridized carbons (Fsp3) is 0.143. The molecule has 2 aromatic rings. The van der Waals surface area contributed by atoms with E-state index >= 15 is 0 Å². The van der Waals surface area contributed by atoms with E-state index in [4.69, 9.17) is 5.11 Å². The fourth-order valence-corrected chi connectivity index (χ4v) is 1.70. The Hall–Kier alpha value is -2.16. The van der Waals surface area contributed by atoms with Crippen LogP contribution in [0.5, 0.6) is 0 Å². The Morgan fingerprint density at radius 1 is 1.41 bits per heavy atom. The number of nitrogens with zero attached hydrogens (tertiary/aromatic N) is 1. The molecule has 86 valence electrons. The molecule has 3 nitrogen and oxygen atoms in total. The van der Waals surface area contributed by atoms with Crippen molar-refractivity contribution in [2.24, 2.45) is 0 Å². The van der Waals surface area contributed by atoms with Crippen molar-refractivity contribution in [2.45, 2.75) is 13.3 Å². The summed E-state index contributed by atoms with van der Waals surface area (Å²) in [6, 6.07) is 9.56. The molecule has 0 atom stereocenters. The summed E-state index contributed by atoms with van der Waals surface area (Å²) in [5.41, 5.74) is 2.22. The number of pyridine rings is 1. The van der Waals surface area contributed by atoms with Gasteiger partial charge in [-0.3, -0.25) is 4.98 Å². The Balaban J connectivity index is 2.46. The zero-order chi connectivity index (χ0) is 12.3. The number of hydrogen-bond acceptors (Lipinski definition) is 2. The number of rotatable bonds is 3. The van der Waals surface area contributed by atoms with Gasteiger partial charge in [0.05, 0.1) is 5.52 Å². The van der Waals surface area contributed by atoms with Gasteiger partial charge < -0.3 is 5.11 Å². The number of carbonyl (C=O) groups is 1. The fourth-order valence-electron chi connectivity index (χ4n) is 1.70. The highest BCUT2D eigenvalue weighted by Crippen LogP contribution is 2.16. The molecule has 0 saturated carbocycles. The number of carboxylic acid groups (broad SMARTS) is 1. The zero-order valence-corrected chi connectivity index (χ0v) is 9.55. The second-order valence-electron chi connectivity index (χ2n) is 3.78. The summed E-state index contributed by atoms with van der Waals surface area (Å²) in [5, 5.41) is 9.98. The summed E-state index contributed by atoms with van der Waals surface area (Å²) in [5.74, 6) is -0.862. The summed E-state index contributed by atoms with van der Waals surface area (Å²) in [4.78, 5) is 15.1. The minimum Gasteiger partial charge on any atom is -0.478 e. The van der Waals surface area contributed by atoms with Gasteiger partial charge >= 0.3 is 5.97 Å². The first-order valence-electron chi connectivity index (χ1n) is 5.49. The molecule has 0 aliphatic rings. The molecule has 0 spiro atoms. The molecule has 3 heteroatoms. The average molecular weight is 227 g/mol. The summed E-state index contributed by atoms with van der Waals surface area (Å²) in [6.45, 7) is 1.84. The van der Waals surface area contributed by atoms with Gasteiger partial charge in [0.2, 0.25) is 0 Å². The third-order valence-corrected chi connectivity index (χ3v) is 2.62. The maximum atomic E-state index is 10.9. The Kier molecular flexibility index (Phi) is 3.19. The predicted octanol–water partition coefficient (Wildman–Crippen LogP) is 3.11. The van der Waals surface area contributed by atoms with Crippen LogP contribution < -0.4 is 0 Å². The van der Waals surface area contributed by atoms with Gasteiger partial charge in [-0.1, -0.05) is 19.1 Å². The maximum absolute atomic E-state index is 10.9. The van der Waals surface area contributed by atoms with Crippen molar-refractivity contribution in [1.82, 2.24) is 4.98 Å². The molecule has 0 fully saturated rings. The van der Waals surface area contributed by atoms with Crippen LogP contribution in [0.4, 0.5) is 0 Å². The molecule has 0 unspecified atom stereocenters. The minimum atomic E-state index is -0.862. The first-order valence-corrected chi connectivity index (χ1v) is 5.49. The third kappa shape index (κ3) is 2.50. The van der Waals surface area contributed by atoms with Gasteiger partial charge in [0, 0.05) is 17.2 Å². The molecule has 1 aromatic heterocycles. The smallest absolute Gasteiger partial charge is 0.331 e. The summed E-state index contributed by atoms with van der Waals surface area (Å²) in [6.07, 6.45) is 3.96. The van der Waals surface area contributed by atoms with Crippen LogP contribution >= 0.6 is 0 Å². The minimum absolute atomic E-state index is 0.410. The van der Waals surface area contributed by atoms with Crippen molar-refractivity contribution < 1.29 is 9.90 Å². The number of carboxylic acids is 1. The van der Waals surface area contributed by atoms with E-state index < -0.39 is 5.97 Å². The van der Waals surface area contributed by atoms with Gasteiger partial charge in [-0.2, -0.15) is 0 Å². The van der Waals surface area contributed by atoms with Gasteiger partial charge in [-0.25, -0.2) is 4.79 Å². The van der Waals surface area contributed by atoms with Crippen LogP contribution in [-0.2, 0) is 4.79 Å². The second-order valence-corrected chi connectivity index (χ2v) is 3.78. The van der Waals surface area contributed by atoms with Crippen LogP contribution in [0.3, 0.4) is 0 Å². The molecule has 1 aromatic carbocycles. The Morgan fingerprint density at radius 2 is 2.24 bits per heavy atom. The van der Waals surface area contributed by atoms with E-state index in [1.54, 1.807) is 12.3 Å². The van der Waals surface area contributed by atoms with E-state index in [1.807, 2.05) is 37.3 Å². The first kappa shape index (κ1) is 11.3. The van der Waals surface area contributed by atoms with E-state index in [0.717, 1.165) is 16.5 Å². The standard InChI is InChI=1S/C14H13NO2/c1-2-11(14(16)17)8-10-5-6-13-12(9-10)4-3-7-15-13/h3-9H,2H2,1H3,(H,16,17)/b11-8+. The molecule has 17 heavy (non-hydrogen) atoms. The van der Waals surface area contributed by atoms with Crippen LogP contribution in [-0.4, -0.2) is 16.1 Å². The average Bonchev–Trinajstić information content (AvgIpc) is 2.35. The molecular formula is C14H13NO2. The number of fused-ring (bicyclic) bond motifs is 1. The monoisotopic (exact) mass is 227 g/mol. The van der Waals surface area contributed by atoms with E-state index in [2.05, 4.69) is 4.98 Å². The van der Waals surface area contributed by atoms with Crippen molar-refractivity contribution in [3.8, 4) is 0 Å². The van der Waals surface area contributed by atoms with Crippen LogP contribution in [0.25, 0.3) is 17.0 Å². The molecule has 1 N–H and O–H groups in total. The predicted molar refractivity (Wildman–Crippen MR) is 67.6 cm³/mol. The van der Waals surface area contributed by atoms with Crippen LogP contribution in [0.1, 0.15) is 18.9 Å². The second kappa shape index (κ2) is 4.78. The van der Waals surface area contributed by atoms with Crippen LogP contribution in [0, 0.1) is 0 Å². The van der Waals surface area contributed by atoms with Gasteiger partial charge in [-0.15, -0.1) is 0 Å². The Morgan fingerprint density at radius 3 is 2.94 bits per heavy atom. The van der Waals surface area contributed by atoms with Gasteiger partial charge in [-0.05, 0) is 36.3 Å².